The number of carbonyl (C=O) groups excluding carboxylic acids is 6. The summed E-state index contributed by atoms with van der Waals surface area (Å²) in [7, 11) is 2.22. The lowest BCUT2D eigenvalue weighted by atomic mass is 10.0. The number of guanidine groups is 1. The van der Waals surface area contributed by atoms with Crippen molar-refractivity contribution < 1.29 is 33.9 Å². The average molecular weight is 945 g/mol. The van der Waals surface area contributed by atoms with E-state index in [9.17, 15) is 38.7 Å². The third-order valence-electron chi connectivity index (χ3n) is 10.8. The molecule has 350 valence electrons. The molecule has 0 unspecified atom stereocenters. The van der Waals surface area contributed by atoms with E-state index in [1.54, 1.807) is 36.5 Å². The molecule has 3 aromatic heterocycles. The maximum atomic E-state index is 14.5. The fourth-order valence-corrected chi connectivity index (χ4v) is 9.43. The standard InChI is InChI=1S/C42H52N14O8S2/c1-22-35(58)51-31(16-25-18-46-21-49-25)39(62)52-29(14-23-8-3-2-4-9-23)37(60)50-28(12-7-13-47-41(44)45)36(59)53-30(15-24-17-48-27-11-6-5-10-26(24)27)38(61)54-32(34(43)57)19-65-66-20-33-40(63)56(22)42(64)55-33/h2-6,8-11,17-18,21-22,28-32,48,63H,7,12-16,19-20H2,1H3,(H2,43,57)(H,46,49)(H,50,60)(H,51,58)(H,52,62)(H,53,59)(H,54,61)(H,55,64)(H4,44,45,47)/t22-,28+,29-,30+,31+,32+/m1/s1. The third kappa shape index (κ3) is 12.7. The number of nitrogens with one attached hydrogen (secondary N) is 8. The first kappa shape index (κ1) is 48.3. The highest BCUT2D eigenvalue weighted by molar-refractivity contribution is 8.76. The van der Waals surface area contributed by atoms with Crippen molar-refractivity contribution >= 4 is 73.9 Å². The smallest absolute Gasteiger partial charge is 0.329 e. The van der Waals surface area contributed by atoms with Crippen molar-refractivity contribution in [1.82, 2.24) is 51.1 Å². The molecular weight excluding hydrogens is 893 g/mol. The predicted octanol–water partition coefficient (Wildman–Crippen LogP) is -0.767. The van der Waals surface area contributed by atoms with E-state index in [2.05, 4.69) is 51.5 Å². The summed E-state index contributed by atoms with van der Waals surface area (Å²) in [4.78, 5) is 114. The lowest BCUT2D eigenvalue weighted by molar-refractivity contribution is -0.135. The molecule has 0 radical (unpaired) electrons. The molecule has 0 fully saturated rings. The number of H-pyrrole nitrogens is 3. The monoisotopic (exact) mass is 944 g/mol. The number of nitrogens with zero attached hydrogens (tertiary/aromatic N) is 3. The summed E-state index contributed by atoms with van der Waals surface area (Å²) in [6.45, 7) is 1.45. The minimum absolute atomic E-state index is 0.00892. The fraction of sp³-hybridized carbons (Fsp3) is 0.357. The van der Waals surface area contributed by atoms with Gasteiger partial charge in [0, 0.05) is 66.3 Å². The molecule has 22 nitrogen and oxygen atoms in total. The van der Waals surface area contributed by atoms with Crippen LogP contribution in [0.25, 0.3) is 10.9 Å². The van der Waals surface area contributed by atoms with Gasteiger partial charge in [-0.15, -0.1) is 0 Å². The van der Waals surface area contributed by atoms with Gasteiger partial charge in [-0.3, -0.25) is 38.3 Å². The number of para-hydroxylation sites is 1. The first-order valence-electron chi connectivity index (χ1n) is 20.9. The summed E-state index contributed by atoms with van der Waals surface area (Å²) in [6.07, 6.45) is 4.47. The van der Waals surface area contributed by atoms with Crippen LogP contribution in [0.2, 0.25) is 0 Å². The molecule has 6 rings (SSSR count). The average Bonchev–Trinajstić information content (AvgIpc) is 4.03. The second-order valence-corrected chi connectivity index (χ2v) is 18.0. The summed E-state index contributed by atoms with van der Waals surface area (Å²) < 4.78 is 0.833. The van der Waals surface area contributed by atoms with Gasteiger partial charge in [-0.1, -0.05) is 70.1 Å². The molecule has 1 aliphatic heterocycles. The number of carbonyl (C=O) groups is 6. The molecule has 2 aromatic carbocycles. The zero-order valence-corrected chi connectivity index (χ0v) is 37.4. The predicted molar refractivity (Wildman–Crippen MR) is 248 cm³/mol. The number of nitrogens with two attached hydrogens (primary N) is 3. The van der Waals surface area contributed by atoms with Gasteiger partial charge in [-0.2, -0.15) is 0 Å². The molecule has 4 heterocycles. The first-order valence-corrected chi connectivity index (χ1v) is 23.4. The van der Waals surface area contributed by atoms with Gasteiger partial charge in [-0.05, 0) is 37.0 Å². The Hall–Kier alpha value is -7.21. The van der Waals surface area contributed by atoms with Crippen molar-refractivity contribution in [2.24, 2.45) is 22.2 Å². The van der Waals surface area contributed by atoms with Crippen molar-refractivity contribution in [1.29, 1.82) is 0 Å². The normalized spacial score (nSPS) is 21.7. The minimum atomic E-state index is -1.35. The number of aromatic amines is 3. The van der Waals surface area contributed by atoms with Crippen LogP contribution in [0, 0.1) is 0 Å². The maximum Gasteiger partial charge on any atom is 0.329 e. The summed E-state index contributed by atoms with van der Waals surface area (Å²) in [5.41, 5.74) is 18.6. The lowest BCUT2D eigenvalue weighted by Gasteiger charge is -2.27. The van der Waals surface area contributed by atoms with Crippen molar-refractivity contribution in [2.45, 2.75) is 81.0 Å². The molecule has 0 saturated heterocycles. The first-order chi connectivity index (χ1) is 31.7. The molecule has 24 heteroatoms. The highest BCUT2D eigenvalue weighted by Gasteiger charge is 2.34. The van der Waals surface area contributed by atoms with E-state index in [-0.39, 0.29) is 61.8 Å². The molecule has 6 atom stereocenters. The van der Waals surface area contributed by atoms with Crippen LogP contribution < -0.4 is 49.5 Å². The summed E-state index contributed by atoms with van der Waals surface area (Å²) in [6, 6.07) is 8.20. The molecule has 0 saturated carbocycles. The van der Waals surface area contributed by atoms with Crippen molar-refractivity contribution in [2.75, 3.05) is 12.3 Å². The van der Waals surface area contributed by atoms with Crippen LogP contribution in [0.4, 0.5) is 0 Å². The SMILES string of the molecule is C[C@@H]1C(=O)N[C@@H](Cc2cnc[nH]2)C(=O)N[C@H](Cc2ccccc2)C(=O)N[C@@H](CCCN=C(N)N)C(=O)N[C@@H](Cc2c[nH]c3ccccc23)C(=O)N[C@H](C(N)=O)CSSCc2[nH]c(=O)n1c2O. The molecule has 0 spiro atoms. The highest BCUT2D eigenvalue weighted by Crippen LogP contribution is 2.30. The van der Waals surface area contributed by atoms with E-state index >= 15 is 0 Å². The van der Waals surface area contributed by atoms with Gasteiger partial charge in [0.2, 0.25) is 41.3 Å². The fourth-order valence-electron chi connectivity index (χ4n) is 7.24. The number of hydrogen-bond donors (Lipinski definition) is 12. The Morgan fingerprint density at radius 3 is 2.12 bits per heavy atom. The Morgan fingerprint density at radius 1 is 0.788 bits per heavy atom. The Kier molecular flexibility index (Phi) is 16.5. The Labute approximate surface area is 385 Å². The second-order valence-electron chi connectivity index (χ2n) is 15.5. The van der Waals surface area contributed by atoms with Crippen LogP contribution in [-0.4, -0.2) is 114 Å². The van der Waals surface area contributed by atoms with E-state index < -0.39 is 83.3 Å². The van der Waals surface area contributed by atoms with Crippen LogP contribution in [0.3, 0.4) is 0 Å². The Balaban J connectivity index is 1.39. The third-order valence-corrected chi connectivity index (χ3v) is 13.1. The number of rotatable bonds is 11. The molecule has 6 amide bonds. The van der Waals surface area contributed by atoms with Crippen molar-refractivity contribution in [3.05, 3.63) is 106 Å². The maximum absolute atomic E-state index is 14.5. The van der Waals surface area contributed by atoms with E-state index in [1.807, 2.05) is 24.3 Å². The number of aliphatic imine (C=N–C) groups is 1. The lowest BCUT2D eigenvalue weighted by Crippen LogP contribution is -2.60. The van der Waals surface area contributed by atoms with E-state index in [4.69, 9.17) is 17.2 Å². The van der Waals surface area contributed by atoms with Gasteiger partial charge in [0.25, 0.3) is 0 Å². The zero-order chi connectivity index (χ0) is 47.3. The van der Waals surface area contributed by atoms with Gasteiger partial charge < -0.3 is 63.8 Å². The Morgan fingerprint density at radius 2 is 1.42 bits per heavy atom. The van der Waals surface area contributed by atoms with Crippen LogP contribution in [-0.2, 0) is 53.8 Å². The van der Waals surface area contributed by atoms with E-state index in [1.165, 1.54) is 19.4 Å². The van der Waals surface area contributed by atoms with Crippen LogP contribution in [0.1, 0.15) is 48.3 Å². The van der Waals surface area contributed by atoms with E-state index in [0.29, 0.717) is 16.8 Å². The largest absolute Gasteiger partial charge is 0.493 e. The van der Waals surface area contributed by atoms with Gasteiger partial charge in [-0.25, -0.2) is 9.78 Å². The molecule has 1 aliphatic rings. The number of imidazole rings is 2. The quantitative estimate of drug-likeness (QED) is 0.0336. The number of fused-ring (bicyclic) bond motifs is 3. The molecule has 5 aromatic rings. The molecule has 66 heavy (non-hydrogen) atoms. The topological polar surface area (TPSA) is 355 Å². The van der Waals surface area contributed by atoms with Crippen molar-refractivity contribution in [3.63, 3.8) is 0 Å². The zero-order valence-electron chi connectivity index (χ0n) is 35.7. The summed E-state index contributed by atoms with van der Waals surface area (Å²) in [5.74, 6) is -5.59. The summed E-state index contributed by atoms with van der Waals surface area (Å²) >= 11 is 0. The van der Waals surface area contributed by atoms with Crippen LogP contribution in [0.15, 0.2) is 83.1 Å². The molecule has 15 N–H and O–H groups in total. The van der Waals surface area contributed by atoms with Crippen LogP contribution >= 0.6 is 21.6 Å². The molecular formula is C42H52N14O8S2. The highest BCUT2D eigenvalue weighted by atomic mass is 33.1. The second kappa shape index (κ2) is 22.6. The molecule has 2 bridgehead atoms. The van der Waals surface area contributed by atoms with Crippen molar-refractivity contribution in [3.8, 4) is 5.88 Å². The van der Waals surface area contributed by atoms with E-state index in [0.717, 1.165) is 37.1 Å². The van der Waals surface area contributed by atoms with Crippen LogP contribution in [0.5, 0.6) is 5.88 Å². The summed E-state index contributed by atoms with van der Waals surface area (Å²) in [5, 5.41) is 25.5. The minimum Gasteiger partial charge on any atom is -0.493 e. The van der Waals surface area contributed by atoms with Gasteiger partial charge >= 0.3 is 5.69 Å². The van der Waals surface area contributed by atoms with Gasteiger partial charge in [0.1, 0.15) is 36.3 Å². The van der Waals surface area contributed by atoms with Gasteiger partial charge in [0.15, 0.2) is 5.96 Å². The Bertz CT molecular complexity index is 2590. The van der Waals surface area contributed by atoms with Gasteiger partial charge in [0.05, 0.1) is 12.0 Å². The number of aromatic nitrogens is 5. The molecule has 0 aliphatic carbocycles. The number of primary amides is 1. The number of benzene rings is 2. The number of aromatic hydroxyl groups is 1. The number of hydrogen-bond acceptors (Lipinski definition) is 12. The number of amides is 6.